The maximum atomic E-state index is 12.6. The van der Waals surface area contributed by atoms with Gasteiger partial charge in [-0.05, 0) is 45.5 Å². The van der Waals surface area contributed by atoms with Gasteiger partial charge in [0.1, 0.15) is 0 Å². The molecule has 1 atom stereocenters. The van der Waals surface area contributed by atoms with Gasteiger partial charge in [0.15, 0.2) is 0 Å². The lowest BCUT2D eigenvalue weighted by atomic mass is 10.1. The number of hydrogen-bond acceptors (Lipinski definition) is 4. The summed E-state index contributed by atoms with van der Waals surface area (Å²) >= 11 is 0. The average Bonchev–Trinajstić information content (AvgIpc) is 2.42. The Labute approximate surface area is 128 Å². The lowest BCUT2D eigenvalue weighted by Crippen LogP contribution is -2.42. The molecule has 1 unspecified atom stereocenters. The fourth-order valence-corrected chi connectivity index (χ4v) is 3.65. The van der Waals surface area contributed by atoms with E-state index in [1.165, 1.54) is 4.31 Å². The van der Waals surface area contributed by atoms with Gasteiger partial charge in [-0.15, -0.1) is 0 Å². The van der Waals surface area contributed by atoms with Crippen LogP contribution in [0, 0.1) is 0 Å². The second kappa shape index (κ2) is 6.87. The smallest absolute Gasteiger partial charge is 0.243 e. The summed E-state index contributed by atoms with van der Waals surface area (Å²) in [5.41, 5.74) is -0.0362. The van der Waals surface area contributed by atoms with E-state index in [2.05, 4.69) is 5.32 Å². The van der Waals surface area contributed by atoms with E-state index in [-0.39, 0.29) is 17.5 Å². The van der Waals surface area contributed by atoms with Gasteiger partial charge in [-0.25, -0.2) is 8.42 Å². The highest BCUT2D eigenvalue weighted by molar-refractivity contribution is 7.89. The molecule has 0 aliphatic rings. The molecule has 0 aliphatic heterocycles. The number of aliphatic hydroxyl groups is 1. The molecular weight excluding hydrogens is 288 g/mol. The molecule has 0 fully saturated rings. The van der Waals surface area contributed by atoms with Crippen molar-refractivity contribution in [1.29, 1.82) is 0 Å². The van der Waals surface area contributed by atoms with Crippen LogP contribution in [0.3, 0.4) is 0 Å². The van der Waals surface area contributed by atoms with Gasteiger partial charge in [-0.1, -0.05) is 19.1 Å². The standard InChI is InChI=1S/C15H26N2O3S/c1-6-17(11-15(3,4)18)21(19,20)14-9-7-13(8-10-14)12(2)16-5/h7-10,12,16,18H,6,11H2,1-5H3. The zero-order valence-electron chi connectivity index (χ0n) is 13.4. The van der Waals surface area contributed by atoms with Gasteiger partial charge in [0, 0.05) is 19.1 Å². The van der Waals surface area contributed by atoms with E-state index < -0.39 is 15.6 Å². The molecule has 2 N–H and O–H groups in total. The number of likely N-dealkylation sites (N-methyl/N-ethyl adjacent to an activating group) is 1. The highest BCUT2D eigenvalue weighted by Crippen LogP contribution is 2.20. The van der Waals surface area contributed by atoms with Crippen LogP contribution in [0.5, 0.6) is 0 Å². The Bertz CT molecular complexity index is 547. The third-order valence-electron chi connectivity index (χ3n) is 3.37. The van der Waals surface area contributed by atoms with Crippen molar-refractivity contribution in [3.05, 3.63) is 29.8 Å². The van der Waals surface area contributed by atoms with Crippen molar-refractivity contribution in [1.82, 2.24) is 9.62 Å². The van der Waals surface area contributed by atoms with E-state index in [0.717, 1.165) is 5.56 Å². The van der Waals surface area contributed by atoms with Crippen LogP contribution in [0.2, 0.25) is 0 Å². The van der Waals surface area contributed by atoms with E-state index in [1.54, 1.807) is 32.9 Å². The summed E-state index contributed by atoms with van der Waals surface area (Å²) < 4.78 is 26.5. The molecule has 6 heteroatoms. The van der Waals surface area contributed by atoms with Crippen LogP contribution in [0.25, 0.3) is 0 Å². The first-order valence-electron chi connectivity index (χ1n) is 7.11. The first-order valence-corrected chi connectivity index (χ1v) is 8.55. The zero-order chi connectivity index (χ0) is 16.3. The van der Waals surface area contributed by atoms with Crippen LogP contribution in [0.15, 0.2) is 29.2 Å². The minimum Gasteiger partial charge on any atom is -0.389 e. The number of benzene rings is 1. The second-order valence-corrected chi connectivity index (χ2v) is 7.76. The van der Waals surface area contributed by atoms with Gasteiger partial charge in [-0.2, -0.15) is 4.31 Å². The summed E-state index contributed by atoms with van der Waals surface area (Å²) in [4.78, 5) is 0.251. The number of sulfonamides is 1. The molecule has 1 aromatic carbocycles. The van der Waals surface area contributed by atoms with E-state index in [1.807, 2.05) is 26.1 Å². The molecule has 0 radical (unpaired) electrons. The molecule has 0 aromatic heterocycles. The number of nitrogens with one attached hydrogen (secondary N) is 1. The van der Waals surface area contributed by atoms with Crippen LogP contribution in [0.4, 0.5) is 0 Å². The Kier molecular flexibility index (Phi) is 5.92. The van der Waals surface area contributed by atoms with Gasteiger partial charge in [0.05, 0.1) is 10.5 Å². The van der Waals surface area contributed by atoms with Crippen LogP contribution < -0.4 is 5.32 Å². The normalized spacial score (nSPS) is 14.4. The maximum absolute atomic E-state index is 12.6. The molecule has 0 bridgehead atoms. The maximum Gasteiger partial charge on any atom is 0.243 e. The third kappa shape index (κ3) is 4.78. The number of rotatable bonds is 7. The first kappa shape index (κ1) is 18.1. The Morgan fingerprint density at radius 2 is 1.81 bits per heavy atom. The number of hydrogen-bond donors (Lipinski definition) is 2. The average molecular weight is 314 g/mol. The summed E-state index contributed by atoms with van der Waals surface area (Å²) in [6.45, 7) is 7.37. The van der Waals surface area contributed by atoms with E-state index in [0.29, 0.717) is 6.54 Å². The Morgan fingerprint density at radius 3 is 2.19 bits per heavy atom. The molecule has 120 valence electrons. The van der Waals surface area contributed by atoms with Crippen LogP contribution in [-0.2, 0) is 10.0 Å². The summed E-state index contributed by atoms with van der Waals surface area (Å²) in [7, 11) is -1.72. The van der Waals surface area contributed by atoms with E-state index in [4.69, 9.17) is 0 Å². The predicted molar refractivity (Wildman–Crippen MR) is 84.6 cm³/mol. The molecule has 0 amide bonds. The minimum absolute atomic E-state index is 0.0699. The third-order valence-corrected chi connectivity index (χ3v) is 5.30. The fraction of sp³-hybridized carbons (Fsp3) is 0.600. The topological polar surface area (TPSA) is 69.6 Å². The summed E-state index contributed by atoms with van der Waals surface area (Å²) in [5, 5.41) is 13.0. The molecule has 1 rings (SSSR count). The lowest BCUT2D eigenvalue weighted by Gasteiger charge is -2.27. The lowest BCUT2D eigenvalue weighted by molar-refractivity contribution is 0.0601. The Hall–Kier alpha value is -0.950. The fourth-order valence-electron chi connectivity index (χ4n) is 2.04. The summed E-state index contributed by atoms with van der Waals surface area (Å²) in [6, 6.07) is 7.02. The minimum atomic E-state index is -3.58. The van der Waals surface area contributed by atoms with Gasteiger partial charge < -0.3 is 10.4 Å². The van der Waals surface area contributed by atoms with E-state index >= 15 is 0 Å². The zero-order valence-corrected chi connectivity index (χ0v) is 14.2. The molecule has 5 nitrogen and oxygen atoms in total. The summed E-state index contributed by atoms with van der Waals surface area (Å²) in [6.07, 6.45) is 0. The molecule has 0 spiro atoms. The van der Waals surface area contributed by atoms with Gasteiger partial charge >= 0.3 is 0 Å². The molecule has 0 saturated carbocycles. The molecule has 21 heavy (non-hydrogen) atoms. The largest absolute Gasteiger partial charge is 0.389 e. The van der Waals surface area contributed by atoms with Crippen molar-refractivity contribution in [2.24, 2.45) is 0 Å². The van der Waals surface area contributed by atoms with Crippen LogP contribution >= 0.6 is 0 Å². The quantitative estimate of drug-likeness (QED) is 0.804. The van der Waals surface area contributed by atoms with Crippen LogP contribution in [-0.4, -0.2) is 43.6 Å². The molecule has 1 aromatic rings. The van der Waals surface area contributed by atoms with Crippen molar-refractivity contribution in [2.75, 3.05) is 20.1 Å². The molecular formula is C15H26N2O3S. The van der Waals surface area contributed by atoms with Gasteiger partial charge in [0.25, 0.3) is 0 Å². The van der Waals surface area contributed by atoms with E-state index in [9.17, 15) is 13.5 Å². The van der Waals surface area contributed by atoms with Crippen molar-refractivity contribution >= 4 is 10.0 Å². The van der Waals surface area contributed by atoms with Gasteiger partial charge in [-0.3, -0.25) is 0 Å². The Balaban J connectivity index is 3.06. The SMILES string of the molecule is CCN(CC(C)(C)O)S(=O)(=O)c1ccc(C(C)NC)cc1. The number of nitrogens with zero attached hydrogens (tertiary/aromatic N) is 1. The van der Waals surface area contributed by atoms with Crippen LogP contribution in [0.1, 0.15) is 39.3 Å². The van der Waals surface area contributed by atoms with Gasteiger partial charge in [0.2, 0.25) is 10.0 Å². The predicted octanol–water partition coefficient (Wildman–Crippen LogP) is 1.75. The summed E-state index contributed by atoms with van der Waals surface area (Å²) in [5.74, 6) is 0. The molecule has 0 aliphatic carbocycles. The molecule has 0 heterocycles. The van der Waals surface area contributed by atoms with Crippen molar-refractivity contribution in [2.45, 2.75) is 44.2 Å². The van der Waals surface area contributed by atoms with Crippen molar-refractivity contribution < 1.29 is 13.5 Å². The second-order valence-electron chi connectivity index (χ2n) is 5.82. The Morgan fingerprint density at radius 1 is 1.29 bits per heavy atom. The molecule has 0 saturated heterocycles. The van der Waals surface area contributed by atoms with Crippen molar-refractivity contribution in [3.63, 3.8) is 0 Å². The van der Waals surface area contributed by atoms with Crippen molar-refractivity contribution in [3.8, 4) is 0 Å². The first-order chi connectivity index (χ1) is 9.61. The monoisotopic (exact) mass is 314 g/mol. The highest BCUT2D eigenvalue weighted by Gasteiger charge is 2.28. The highest BCUT2D eigenvalue weighted by atomic mass is 32.2.